The fourth-order valence-corrected chi connectivity index (χ4v) is 4.56. The van der Waals surface area contributed by atoms with E-state index in [4.69, 9.17) is 21.1 Å². The van der Waals surface area contributed by atoms with Gasteiger partial charge in [0.2, 0.25) is 0 Å². The van der Waals surface area contributed by atoms with Crippen LogP contribution in [-0.2, 0) is 6.42 Å². The second-order valence-corrected chi connectivity index (χ2v) is 8.58. The molecular formula is C27H24ClN3O3. The Morgan fingerprint density at radius 1 is 0.912 bits per heavy atom. The number of rotatable bonds is 7. The average molecular weight is 474 g/mol. The lowest BCUT2D eigenvalue weighted by molar-refractivity contribution is 0.0746. The van der Waals surface area contributed by atoms with E-state index in [1.54, 1.807) is 14.2 Å². The van der Waals surface area contributed by atoms with Gasteiger partial charge >= 0.3 is 0 Å². The SMILES string of the molecule is COc1ccc(CCN2C(=O)c3[nH]nc(-c4ccc(OC)cc4)c3C2c2ccc(Cl)cc2)cc1. The molecule has 0 aliphatic carbocycles. The van der Waals surface area contributed by atoms with Crippen molar-refractivity contribution in [2.45, 2.75) is 12.5 Å². The van der Waals surface area contributed by atoms with Gasteiger partial charge in [-0.2, -0.15) is 5.10 Å². The molecule has 5 rings (SSSR count). The van der Waals surface area contributed by atoms with Crippen LogP contribution in [0.25, 0.3) is 11.3 Å². The summed E-state index contributed by atoms with van der Waals surface area (Å²) in [5, 5.41) is 8.18. The number of benzene rings is 3. The summed E-state index contributed by atoms with van der Waals surface area (Å²) in [7, 11) is 3.29. The van der Waals surface area contributed by atoms with Gasteiger partial charge in [-0.3, -0.25) is 9.89 Å². The van der Waals surface area contributed by atoms with Gasteiger partial charge in [0.25, 0.3) is 5.91 Å². The molecule has 4 aromatic rings. The van der Waals surface area contributed by atoms with Crippen LogP contribution in [0.2, 0.25) is 5.02 Å². The molecule has 172 valence electrons. The Bertz CT molecular complexity index is 1300. The zero-order chi connectivity index (χ0) is 23.7. The highest BCUT2D eigenvalue weighted by Gasteiger charge is 2.41. The fourth-order valence-electron chi connectivity index (χ4n) is 4.43. The van der Waals surface area contributed by atoms with Crippen molar-refractivity contribution in [3.8, 4) is 22.8 Å². The van der Waals surface area contributed by atoms with Crippen molar-refractivity contribution < 1.29 is 14.3 Å². The Kier molecular flexibility index (Phi) is 5.99. The topological polar surface area (TPSA) is 67.5 Å². The number of hydrogen-bond donors (Lipinski definition) is 1. The van der Waals surface area contributed by atoms with Crippen LogP contribution in [0.3, 0.4) is 0 Å². The normalized spacial score (nSPS) is 14.9. The van der Waals surface area contributed by atoms with Gasteiger partial charge in [0, 0.05) is 22.7 Å². The molecule has 1 atom stereocenters. The first-order valence-electron chi connectivity index (χ1n) is 11.0. The molecule has 1 amide bonds. The average Bonchev–Trinajstić information content (AvgIpc) is 3.42. The standard InChI is InChI=1S/C27H24ClN3O3/c1-33-21-11-3-17(4-12-21)15-16-31-26(19-5-9-20(28)10-6-19)23-24(29-30-25(23)27(31)32)18-7-13-22(34-2)14-8-18/h3-14,26H,15-16H2,1-2H3,(H,29,30). The lowest BCUT2D eigenvalue weighted by Gasteiger charge is -2.26. The number of aromatic nitrogens is 2. The molecule has 7 heteroatoms. The van der Waals surface area contributed by atoms with E-state index in [0.29, 0.717) is 17.3 Å². The third-order valence-electron chi connectivity index (χ3n) is 6.21. The maximum atomic E-state index is 13.5. The Balaban J connectivity index is 1.52. The van der Waals surface area contributed by atoms with Crippen molar-refractivity contribution in [3.05, 3.63) is 100 Å². The van der Waals surface area contributed by atoms with Crippen LogP contribution in [0.15, 0.2) is 72.8 Å². The summed E-state index contributed by atoms with van der Waals surface area (Å²) in [6.45, 7) is 0.559. The van der Waals surface area contributed by atoms with Crippen molar-refractivity contribution in [1.29, 1.82) is 0 Å². The molecule has 2 heterocycles. The second kappa shape index (κ2) is 9.23. The van der Waals surface area contributed by atoms with Crippen LogP contribution in [0.4, 0.5) is 0 Å². The number of amides is 1. The predicted octanol–water partition coefficient (Wildman–Crippen LogP) is 5.54. The largest absolute Gasteiger partial charge is 0.497 e. The number of carbonyl (C=O) groups is 1. The minimum absolute atomic E-state index is 0.0595. The molecular weight excluding hydrogens is 450 g/mol. The quantitative estimate of drug-likeness (QED) is 0.383. The Morgan fingerprint density at radius 2 is 1.53 bits per heavy atom. The molecule has 0 saturated heterocycles. The van der Waals surface area contributed by atoms with Crippen LogP contribution in [0, 0.1) is 0 Å². The smallest absolute Gasteiger partial charge is 0.273 e. The number of H-pyrrole nitrogens is 1. The van der Waals surface area contributed by atoms with Gasteiger partial charge in [0.05, 0.1) is 26.0 Å². The van der Waals surface area contributed by atoms with E-state index in [1.165, 1.54) is 0 Å². The maximum absolute atomic E-state index is 13.5. The third-order valence-corrected chi connectivity index (χ3v) is 6.47. The molecule has 1 aliphatic heterocycles. The Hall–Kier alpha value is -3.77. The molecule has 0 fully saturated rings. The summed E-state index contributed by atoms with van der Waals surface area (Å²) >= 11 is 6.16. The first-order chi connectivity index (χ1) is 16.6. The third kappa shape index (κ3) is 4.01. The van der Waals surface area contributed by atoms with Gasteiger partial charge in [0.15, 0.2) is 0 Å². The van der Waals surface area contributed by atoms with Crippen LogP contribution >= 0.6 is 11.6 Å². The van der Waals surface area contributed by atoms with Gasteiger partial charge in [-0.1, -0.05) is 35.9 Å². The van der Waals surface area contributed by atoms with Gasteiger partial charge in [-0.15, -0.1) is 0 Å². The molecule has 1 unspecified atom stereocenters. The summed E-state index contributed by atoms with van der Waals surface area (Å²) in [6, 6.07) is 23.0. The van der Waals surface area contributed by atoms with E-state index >= 15 is 0 Å². The number of fused-ring (bicyclic) bond motifs is 1. The highest BCUT2D eigenvalue weighted by Crippen LogP contribution is 2.43. The molecule has 1 aliphatic rings. The highest BCUT2D eigenvalue weighted by molar-refractivity contribution is 6.30. The molecule has 0 radical (unpaired) electrons. The van der Waals surface area contributed by atoms with Crippen LogP contribution in [-0.4, -0.2) is 41.8 Å². The van der Waals surface area contributed by atoms with Crippen molar-refractivity contribution in [2.24, 2.45) is 0 Å². The van der Waals surface area contributed by atoms with E-state index in [1.807, 2.05) is 77.7 Å². The second-order valence-electron chi connectivity index (χ2n) is 8.14. The predicted molar refractivity (Wildman–Crippen MR) is 132 cm³/mol. The van der Waals surface area contributed by atoms with Gasteiger partial charge in [0.1, 0.15) is 17.2 Å². The minimum Gasteiger partial charge on any atom is -0.497 e. The first-order valence-corrected chi connectivity index (χ1v) is 11.4. The van der Waals surface area contributed by atoms with E-state index in [9.17, 15) is 4.79 Å². The number of aromatic amines is 1. The number of ether oxygens (including phenoxy) is 2. The summed E-state index contributed by atoms with van der Waals surface area (Å²) in [5.41, 5.74) is 5.21. The van der Waals surface area contributed by atoms with Gasteiger partial charge in [-0.25, -0.2) is 0 Å². The lowest BCUT2D eigenvalue weighted by Crippen LogP contribution is -2.31. The number of carbonyl (C=O) groups excluding carboxylic acids is 1. The zero-order valence-electron chi connectivity index (χ0n) is 18.9. The number of halogens is 1. The van der Waals surface area contributed by atoms with Crippen LogP contribution in [0.5, 0.6) is 11.5 Å². The minimum atomic E-state index is -0.270. The summed E-state index contributed by atoms with van der Waals surface area (Å²) in [5.74, 6) is 1.52. The van der Waals surface area contributed by atoms with E-state index in [-0.39, 0.29) is 11.9 Å². The van der Waals surface area contributed by atoms with E-state index in [0.717, 1.165) is 45.9 Å². The lowest BCUT2D eigenvalue weighted by atomic mass is 9.96. The maximum Gasteiger partial charge on any atom is 0.273 e. The summed E-state index contributed by atoms with van der Waals surface area (Å²) < 4.78 is 10.5. The van der Waals surface area contributed by atoms with Crippen molar-refractivity contribution in [3.63, 3.8) is 0 Å². The number of nitrogens with one attached hydrogen (secondary N) is 1. The van der Waals surface area contributed by atoms with Crippen molar-refractivity contribution in [1.82, 2.24) is 15.1 Å². The van der Waals surface area contributed by atoms with Gasteiger partial charge < -0.3 is 14.4 Å². The van der Waals surface area contributed by atoms with Crippen molar-refractivity contribution in [2.75, 3.05) is 20.8 Å². The molecule has 6 nitrogen and oxygen atoms in total. The highest BCUT2D eigenvalue weighted by atomic mass is 35.5. The van der Waals surface area contributed by atoms with E-state index < -0.39 is 0 Å². The summed E-state index contributed by atoms with van der Waals surface area (Å²) in [6.07, 6.45) is 0.718. The van der Waals surface area contributed by atoms with Crippen LogP contribution in [0.1, 0.15) is 33.2 Å². The fraction of sp³-hybridized carbons (Fsp3) is 0.185. The summed E-state index contributed by atoms with van der Waals surface area (Å²) in [4.78, 5) is 15.4. The number of hydrogen-bond acceptors (Lipinski definition) is 4. The zero-order valence-corrected chi connectivity index (χ0v) is 19.7. The van der Waals surface area contributed by atoms with Crippen molar-refractivity contribution >= 4 is 17.5 Å². The molecule has 0 saturated carbocycles. The number of nitrogens with zero attached hydrogens (tertiary/aromatic N) is 2. The first kappa shape index (κ1) is 22.0. The Morgan fingerprint density at radius 3 is 2.15 bits per heavy atom. The molecule has 1 N–H and O–H groups in total. The molecule has 1 aromatic heterocycles. The van der Waals surface area contributed by atoms with Crippen LogP contribution < -0.4 is 9.47 Å². The molecule has 0 bridgehead atoms. The monoisotopic (exact) mass is 473 g/mol. The molecule has 3 aromatic carbocycles. The number of methoxy groups -OCH3 is 2. The van der Waals surface area contributed by atoms with E-state index in [2.05, 4.69) is 10.2 Å². The Labute approximate surface area is 203 Å². The molecule has 0 spiro atoms. The molecule has 34 heavy (non-hydrogen) atoms. The van der Waals surface area contributed by atoms with Gasteiger partial charge in [-0.05, 0) is 66.1 Å².